The molecule has 7 heteroatoms. The molecule has 0 unspecified atom stereocenters. The molecule has 4 rings (SSSR count). The van der Waals surface area contributed by atoms with E-state index in [0.717, 1.165) is 5.56 Å². The molecule has 0 radical (unpaired) electrons. The number of hydrogen-bond donors (Lipinski definition) is 2. The molecule has 2 heterocycles. The maximum absolute atomic E-state index is 12.4. The molecule has 2 aromatic rings. The fraction of sp³-hybridized carbons (Fsp3) is 0.222. The lowest BCUT2D eigenvalue weighted by molar-refractivity contribution is -0.116. The maximum Gasteiger partial charge on any atom is 0.251 e. The van der Waals surface area contributed by atoms with Crippen LogP contribution in [-0.4, -0.2) is 25.2 Å². The van der Waals surface area contributed by atoms with Crippen LogP contribution < -0.4 is 24.8 Å². The van der Waals surface area contributed by atoms with E-state index in [0.29, 0.717) is 48.1 Å². The van der Waals surface area contributed by atoms with Crippen LogP contribution in [0.1, 0.15) is 22.3 Å². The molecular weight excluding hydrogens is 324 g/mol. The Morgan fingerprint density at radius 1 is 1.04 bits per heavy atom. The first-order chi connectivity index (χ1) is 12.2. The number of carbonyl (C=O) groups excluding carboxylic acids is 2. The topological polar surface area (TPSA) is 85.9 Å². The Kier molecular flexibility index (Phi) is 3.89. The molecule has 0 fully saturated rings. The summed E-state index contributed by atoms with van der Waals surface area (Å²) in [4.78, 5) is 24.0. The lowest BCUT2D eigenvalue weighted by Crippen LogP contribution is -2.23. The van der Waals surface area contributed by atoms with Crippen molar-refractivity contribution in [2.24, 2.45) is 0 Å². The number of nitrogens with one attached hydrogen (secondary N) is 2. The van der Waals surface area contributed by atoms with Crippen molar-refractivity contribution in [3.63, 3.8) is 0 Å². The monoisotopic (exact) mass is 340 g/mol. The number of rotatable bonds is 3. The van der Waals surface area contributed by atoms with Crippen molar-refractivity contribution in [2.75, 3.05) is 18.7 Å². The average molecular weight is 340 g/mol. The van der Waals surface area contributed by atoms with Crippen molar-refractivity contribution in [1.82, 2.24) is 5.32 Å². The Morgan fingerprint density at radius 3 is 2.80 bits per heavy atom. The van der Waals surface area contributed by atoms with E-state index < -0.39 is 0 Å². The molecule has 0 atom stereocenters. The minimum Gasteiger partial charge on any atom is -0.491 e. The van der Waals surface area contributed by atoms with Crippen LogP contribution in [0.3, 0.4) is 0 Å². The summed E-state index contributed by atoms with van der Waals surface area (Å²) in [5.41, 5.74) is 1.87. The summed E-state index contributed by atoms with van der Waals surface area (Å²) in [6.45, 7) is 0.901. The Hall–Kier alpha value is -3.22. The van der Waals surface area contributed by atoms with E-state index in [-0.39, 0.29) is 18.6 Å². The van der Waals surface area contributed by atoms with Gasteiger partial charge in [0, 0.05) is 12.1 Å². The third-order valence-electron chi connectivity index (χ3n) is 3.99. The number of carbonyl (C=O) groups is 2. The highest BCUT2D eigenvalue weighted by molar-refractivity contribution is 5.98. The van der Waals surface area contributed by atoms with Gasteiger partial charge in [-0.15, -0.1) is 0 Å². The molecule has 0 saturated heterocycles. The third-order valence-corrected chi connectivity index (χ3v) is 3.99. The fourth-order valence-electron chi connectivity index (χ4n) is 2.70. The van der Waals surface area contributed by atoms with E-state index in [1.54, 1.807) is 18.2 Å². The minimum atomic E-state index is -0.237. The second-order valence-electron chi connectivity index (χ2n) is 5.73. The number of amides is 2. The normalized spacial score (nSPS) is 14.8. The molecule has 2 N–H and O–H groups in total. The Bertz CT molecular complexity index is 849. The summed E-state index contributed by atoms with van der Waals surface area (Å²) in [6.07, 6.45) is 0.292. The van der Waals surface area contributed by atoms with E-state index in [4.69, 9.17) is 14.2 Å². The molecule has 2 amide bonds. The molecule has 0 spiro atoms. The van der Waals surface area contributed by atoms with Crippen molar-refractivity contribution in [1.29, 1.82) is 0 Å². The minimum absolute atomic E-state index is 0.128. The smallest absolute Gasteiger partial charge is 0.251 e. The zero-order chi connectivity index (χ0) is 17.2. The van der Waals surface area contributed by atoms with Crippen LogP contribution in [0, 0.1) is 0 Å². The van der Waals surface area contributed by atoms with Gasteiger partial charge < -0.3 is 24.8 Å². The summed E-state index contributed by atoms with van der Waals surface area (Å²) in [5, 5.41) is 5.60. The molecule has 7 nitrogen and oxygen atoms in total. The molecule has 0 aliphatic carbocycles. The van der Waals surface area contributed by atoms with Gasteiger partial charge in [0.1, 0.15) is 5.75 Å². The van der Waals surface area contributed by atoms with Crippen molar-refractivity contribution in [3.8, 4) is 17.2 Å². The van der Waals surface area contributed by atoms with Gasteiger partial charge in [-0.3, -0.25) is 9.59 Å². The molecule has 2 aliphatic heterocycles. The number of ether oxygens (including phenoxy) is 3. The molecule has 0 aromatic heterocycles. The van der Waals surface area contributed by atoms with Crippen molar-refractivity contribution < 1.29 is 23.8 Å². The predicted molar refractivity (Wildman–Crippen MR) is 88.9 cm³/mol. The quantitative estimate of drug-likeness (QED) is 0.893. The van der Waals surface area contributed by atoms with Crippen LogP contribution in [0.2, 0.25) is 0 Å². The Morgan fingerprint density at radius 2 is 1.88 bits per heavy atom. The molecule has 25 heavy (non-hydrogen) atoms. The highest BCUT2D eigenvalue weighted by atomic mass is 16.7. The molecule has 2 aromatic carbocycles. The average Bonchev–Trinajstić information content (AvgIpc) is 3.00. The molecule has 0 bridgehead atoms. The Labute approximate surface area is 143 Å². The number of fused-ring (bicyclic) bond motifs is 2. The summed E-state index contributed by atoms with van der Waals surface area (Å²) in [5.74, 6) is 1.59. The van der Waals surface area contributed by atoms with Gasteiger partial charge in [0.05, 0.1) is 18.7 Å². The zero-order valence-corrected chi connectivity index (χ0v) is 13.3. The van der Waals surface area contributed by atoms with Gasteiger partial charge in [0.15, 0.2) is 11.5 Å². The maximum atomic E-state index is 12.4. The lowest BCUT2D eigenvalue weighted by atomic mass is 10.1. The van der Waals surface area contributed by atoms with Crippen LogP contribution in [0.15, 0.2) is 36.4 Å². The molecular formula is C18H16N2O5. The Balaban J connectivity index is 1.45. The van der Waals surface area contributed by atoms with Gasteiger partial charge in [-0.05, 0) is 35.9 Å². The predicted octanol–water partition coefficient (Wildman–Crippen LogP) is 2.07. The van der Waals surface area contributed by atoms with Crippen LogP contribution in [0.4, 0.5) is 5.69 Å². The van der Waals surface area contributed by atoms with E-state index in [1.807, 2.05) is 18.2 Å². The summed E-state index contributed by atoms with van der Waals surface area (Å²) >= 11 is 0. The standard InChI is InChI=1S/C18H16N2O5/c21-17-5-6-23-14-4-2-12(8-13(14)20-17)18(22)19-9-11-1-3-15-16(7-11)25-10-24-15/h1-4,7-8H,5-6,9-10H2,(H,19,22)(H,20,21). The van der Waals surface area contributed by atoms with Crippen LogP contribution >= 0.6 is 0 Å². The first-order valence-electron chi connectivity index (χ1n) is 7.92. The van der Waals surface area contributed by atoms with Crippen LogP contribution in [0.25, 0.3) is 0 Å². The second kappa shape index (κ2) is 6.35. The van der Waals surface area contributed by atoms with Gasteiger partial charge in [0.25, 0.3) is 5.91 Å². The summed E-state index contributed by atoms with van der Waals surface area (Å²) in [7, 11) is 0. The van der Waals surface area contributed by atoms with E-state index >= 15 is 0 Å². The molecule has 128 valence electrons. The van der Waals surface area contributed by atoms with E-state index in [9.17, 15) is 9.59 Å². The van der Waals surface area contributed by atoms with E-state index in [1.165, 1.54) is 0 Å². The molecule has 2 aliphatic rings. The highest BCUT2D eigenvalue weighted by Crippen LogP contribution is 2.32. The van der Waals surface area contributed by atoms with Crippen molar-refractivity contribution >= 4 is 17.5 Å². The first kappa shape index (κ1) is 15.3. The largest absolute Gasteiger partial charge is 0.491 e. The fourth-order valence-corrected chi connectivity index (χ4v) is 2.70. The number of benzene rings is 2. The van der Waals surface area contributed by atoms with Gasteiger partial charge in [-0.25, -0.2) is 0 Å². The molecule has 0 saturated carbocycles. The third kappa shape index (κ3) is 3.21. The SMILES string of the molecule is O=C1CCOc2ccc(C(=O)NCc3ccc4c(c3)OCO4)cc2N1. The van der Waals surface area contributed by atoms with Gasteiger partial charge in [-0.1, -0.05) is 6.07 Å². The van der Waals surface area contributed by atoms with Gasteiger partial charge in [0.2, 0.25) is 12.7 Å². The van der Waals surface area contributed by atoms with Crippen molar-refractivity contribution in [3.05, 3.63) is 47.5 Å². The lowest BCUT2D eigenvalue weighted by Gasteiger charge is -2.10. The first-order valence-corrected chi connectivity index (χ1v) is 7.92. The highest BCUT2D eigenvalue weighted by Gasteiger charge is 2.17. The van der Waals surface area contributed by atoms with E-state index in [2.05, 4.69) is 10.6 Å². The van der Waals surface area contributed by atoms with Crippen molar-refractivity contribution in [2.45, 2.75) is 13.0 Å². The summed E-state index contributed by atoms with van der Waals surface area (Å²) < 4.78 is 16.1. The summed E-state index contributed by atoms with van der Waals surface area (Å²) in [6, 6.07) is 10.5. The van der Waals surface area contributed by atoms with Crippen LogP contribution in [-0.2, 0) is 11.3 Å². The van der Waals surface area contributed by atoms with Gasteiger partial charge >= 0.3 is 0 Å². The number of anilines is 1. The second-order valence-corrected chi connectivity index (χ2v) is 5.73. The number of hydrogen-bond acceptors (Lipinski definition) is 5. The van der Waals surface area contributed by atoms with Crippen LogP contribution in [0.5, 0.6) is 17.2 Å². The van der Waals surface area contributed by atoms with Gasteiger partial charge in [-0.2, -0.15) is 0 Å². The zero-order valence-electron chi connectivity index (χ0n) is 13.3.